The number of para-hydroxylation sites is 14. The Morgan fingerprint density at radius 2 is 0.420 bits per heavy atom. The highest BCUT2D eigenvalue weighted by atomic mass is 15.2. The number of hydrogen-bond donors (Lipinski definition) is 0. The third-order valence-corrected chi connectivity index (χ3v) is 30.3. The highest BCUT2D eigenvalue weighted by Crippen LogP contribution is 2.66. The molecule has 0 radical (unpaired) electrons. The van der Waals surface area contributed by atoms with Gasteiger partial charge < -0.3 is 47.0 Å². The van der Waals surface area contributed by atoms with Crippen LogP contribution in [0.2, 0.25) is 0 Å². The first-order valence-corrected chi connectivity index (χ1v) is 47.8. The van der Waals surface area contributed by atoms with Crippen LogP contribution in [-0.4, -0.2) is 27.4 Å². The lowest BCUT2D eigenvalue weighted by atomic mass is 9.77. The third kappa shape index (κ3) is 10.4. The van der Waals surface area contributed by atoms with Crippen LogP contribution in [0.4, 0.5) is 68.2 Å². The summed E-state index contributed by atoms with van der Waals surface area (Å²) in [6, 6.07) is 178. The van der Waals surface area contributed by atoms with E-state index in [0.29, 0.717) is 0 Å². The van der Waals surface area contributed by atoms with Gasteiger partial charge in [-0.05, 0) is 230 Å². The van der Waals surface area contributed by atoms with Crippen LogP contribution >= 0.6 is 0 Å². The molecule has 4 aliphatic rings. The lowest BCUT2D eigenvalue weighted by Crippen LogP contribution is -2.32. The van der Waals surface area contributed by atoms with Gasteiger partial charge >= 0.3 is 0 Å². The van der Waals surface area contributed by atoms with Crippen LogP contribution in [-0.2, 0) is 0 Å². The van der Waals surface area contributed by atoms with E-state index >= 15 is 0 Å². The Morgan fingerprint density at radius 3 is 0.717 bits per heavy atom. The fourth-order valence-electron chi connectivity index (χ4n) is 24.9. The number of anilines is 12. The van der Waals surface area contributed by atoms with Crippen molar-refractivity contribution in [1.29, 1.82) is 0 Å². The first kappa shape index (κ1) is 75.2. The van der Waals surface area contributed by atoms with Crippen LogP contribution in [0, 0.1) is 0 Å². The van der Waals surface area contributed by atoms with E-state index in [9.17, 15) is 0 Å². The number of fused-ring (bicyclic) bond motifs is 26. The second-order valence-electron chi connectivity index (χ2n) is 37.4. The Morgan fingerprint density at radius 1 is 0.159 bits per heavy atom. The maximum Gasteiger partial charge on any atom is 0.0892 e. The number of hydrogen-bond acceptors (Lipinski definition) is 4. The SMILES string of the molecule is c1ccc(N(c2ccccc2)c2cc3c4c(c2)N(c2ccccc2)c2cc5c(cc2C4n2c4ccc(-n6c7ccccc7c7ccccc76)cc4c4cc(-n6c7ccccc7c7ccccc76)cc-3c42)C2c3c(cc(N(c4ccccc4)c4ccccc4)cc3N5c3ccccc3)-c3cc(-n4c5ccccc5c5ccccc54)cc4c5cc(-n6c7ccccc7c7ccccc76)ccc5n2c34)cc1. The molecule has 2 unspecified atom stereocenters. The molecule has 10 nitrogen and oxygen atoms in total. The molecule has 21 aromatic carbocycles. The Kier molecular flexibility index (Phi) is 15.6. The molecule has 10 heteroatoms. The lowest BCUT2D eigenvalue weighted by Gasteiger charge is -2.46. The quantitative estimate of drug-likeness (QED) is 0.122. The van der Waals surface area contributed by atoms with E-state index in [1.807, 2.05) is 0 Å². The molecular weight excluding hydrogens is 1680 g/mol. The summed E-state index contributed by atoms with van der Waals surface area (Å²) in [6.45, 7) is 0. The van der Waals surface area contributed by atoms with Gasteiger partial charge in [-0.2, -0.15) is 0 Å². The molecule has 138 heavy (non-hydrogen) atoms. The van der Waals surface area contributed by atoms with Crippen molar-refractivity contribution in [2.75, 3.05) is 19.6 Å². The molecule has 6 aromatic heterocycles. The number of rotatable bonds is 12. The molecule has 10 heterocycles. The first-order valence-electron chi connectivity index (χ1n) is 47.8. The maximum atomic E-state index is 2.80. The molecule has 0 aliphatic carbocycles. The van der Waals surface area contributed by atoms with Gasteiger partial charge in [-0.1, -0.05) is 255 Å². The van der Waals surface area contributed by atoms with Crippen molar-refractivity contribution in [3.63, 3.8) is 0 Å². The van der Waals surface area contributed by atoms with Gasteiger partial charge in [0, 0.05) is 166 Å². The average molecular weight is 1760 g/mol. The first-order chi connectivity index (χ1) is 68.5. The van der Waals surface area contributed by atoms with E-state index < -0.39 is 12.1 Å². The van der Waals surface area contributed by atoms with E-state index in [4.69, 9.17) is 0 Å². The molecule has 27 aromatic rings. The summed E-state index contributed by atoms with van der Waals surface area (Å²) in [5.74, 6) is 0. The van der Waals surface area contributed by atoms with Crippen LogP contribution in [0.3, 0.4) is 0 Å². The van der Waals surface area contributed by atoms with Crippen LogP contribution < -0.4 is 19.6 Å². The highest BCUT2D eigenvalue weighted by Gasteiger charge is 2.47. The Labute approximate surface area is 793 Å². The molecule has 2 atom stereocenters. The van der Waals surface area contributed by atoms with Crippen molar-refractivity contribution in [2.45, 2.75) is 12.1 Å². The van der Waals surface area contributed by atoms with Crippen molar-refractivity contribution in [1.82, 2.24) is 27.4 Å². The predicted octanol–water partition coefficient (Wildman–Crippen LogP) is 34.0. The van der Waals surface area contributed by atoms with Crippen molar-refractivity contribution in [3.8, 4) is 45.0 Å². The minimum absolute atomic E-state index is 0.435. The predicted molar refractivity (Wildman–Crippen MR) is 574 cm³/mol. The van der Waals surface area contributed by atoms with Crippen LogP contribution in [0.25, 0.3) is 176 Å². The molecule has 31 rings (SSSR count). The zero-order valence-electron chi connectivity index (χ0n) is 74.7. The van der Waals surface area contributed by atoms with E-state index in [2.05, 4.69) is 520 Å². The van der Waals surface area contributed by atoms with Gasteiger partial charge in [-0.25, -0.2) is 0 Å². The highest BCUT2D eigenvalue weighted by molar-refractivity contribution is 6.22. The number of benzene rings is 21. The third-order valence-electron chi connectivity index (χ3n) is 30.3. The van der Waals surface area contributed by atoms with Gasteiger partial charge in [-0.15, -0.1) is 0 Å². The van der Waals surface area contributed by atoms with Crippen LogP contribution in [0.15, 0.2) is 473 Å². The summed E-state index contributed by atoms with van der Waals surface area (Å²) in [4.78, 5) is 10.2. The van der Waals surface area contributed by atoms with Crippen molar-refractivity contribution in [2.24, 2.45) is 0 Å². The Hall–Kier alpha value is -18.4. The van der Waals surface area contributed by atoms with Gasteiger partial charge in [0.1, 0.15) is 0 Å². The second-order valence-corrected chi connectivity index (χ2v) is 37.4. The van der Waals surface area contributed by atoms with E-state index in [0.717, 1.165) is 168 Å². The average Bonchev–Trinajstić information content (AvgIpc) is 1.39. The molecule has 4 aliphatic heterocycles. The van der Waals surface area contributed by atoms with Crippen LogP contribution in [0.1, 0.15) is 34.3 Å². The van der Waals surface area contributed by atoms with Crippen molar-refractivity contribution < 1.29 is 0 Å². The smallest absolute Gasteiger partial charge is 0.0892 e. The van der Waals surface area contributed by atoms with Gasteiger partial charge in [0.05, 0.1) is 101 Å². The van der Waals surface area contributed by atoms with Gasteiger partial charge in [0.25, 0.3) is 0 Å². The van der Waals surface area contributed by atoms with E-state index in [1.54, 1.807) is 0 Å². The second kappa shape index (κ2) is 28.6. The van der Waals surface area contributed by atoms with E-state index in [-0.39, 0.29) is 0 Å². The zero-order valence-corrected chi connectivity index (χ0v) is 74.7. The Bertz CT molecular complexity index is 9030. The summed E-state index contributed by atoms with van der Waals surface area (Å²) in [7, 11) is 0. The van der Waals surface area contributed by atoms with Gasteiger partial charge in [-0.3, -0.25) is 0 Å². The molecule has 0 bridgehead atoms. The van der Waals surface area contributed by atoms with Gasteiger partial charge in [0.2, 0.25) is 0 Å². The fraction of sp³-hybridized carbons (Fsp3) is 0.0156. The van der Waals surface area contributed by atoms with Crippen molar-refractivity contribution in [3.05, 3.63) is 495 Å². The molecule has 0 saturated heterocycles. The van der Waals surface area contributed by atoms with Gasteiger partial charge in [0.15, 0.2) is 0 Å². The standard InChI is InChI=1S/C128H80N10/c1-7-35-79(36-8-1)129(80-37-9-2-10-38-80)89-69-101-105-73-87(135-113-59-31-23-51-95(113)96-52-24-32-60-114(96)135)71-103-99-67-85(133-109-55-27-19-47-91(109)92-48-20-28-56-110(92)133)63-65-117(99)137(125(103)105)127-107-77-108-120(78-119(107)131(121(75-89)123(101)127)83-43-15-5-16-44-83)132(84-45-17-6-18-46-84)122-76-90(130(81-39-11-3-12-40-81)82-41-13-4-14-42-82)70-102-106-74-88(136-115-61-33-25-53-97(115)98-54-26-34-62-116(98)136)72-104-100-68-86(64-66-118(100)138(126(104)106)128(108)124(102)122)134-111-57-29-21-49-93(111)94-50-22-30-58-112(94)134/h1-78,127-128H. The summed E-state index contributed by atoms with van der Waals surface area (Å²) in [6.07, 6.45) is 0. The number of nitrogens with zero attached hydrogens (tertiary/aromatic N) is 10. The monoisotopic (exact) mass is 1760 g/mol. The summed E-state index contributed by atoms with van der Waals surface area (Å²) in [5, 5.41) is 14.4. The lowest BCUT2D eigenvalue weighted by molar-refractivity contribution is 0.689. The number of aromatic nitrogens is 6. The molecule has 0 fully saturated rings. The van der Waals surface area contributed by atoms with E-state index in [1.165, 1.54) is 97.9 Å². The Balaban J connectivity index is 0.757. The zero-order chi connectivity index (χ0) is 89.8. The topological polar surface area (TPSA) is 42.5 Å². The maximum absolute atomic E-state index is 2.80. The van der Waals surface area contributed by atoms with Crippen LogP contribution in [0.5, 0.6) is 0 Å². The normalized spacial score (nSPS) is 13.9. The minimum atomic E-state index is -0.435. The molecule has 0 N–H and O–H groups in total. The largest absolute Gasteiger partial charge is 0.328 e. The summed E-state index contributed by atoms with van der Waals surface area (Å²) in [5.41, 5.74) is 40.4. The van der Waals surface area contributed by atoms with Crippen molar-refractivity contribution >= 4 is 199 Å². The summed E-state index contributed by atoms with van der Waals surface area (Å²) >= 11 is 0. The molecule has 642 valence electrons. The minimum Gasteiger partial charge on any atom is -0.328 e. The molecule has 0 saturated carbocycles. The fourth-order valence-corrected chi connectivity index (χ4v) is 24.9. The summed E-state index contributed by atoms with van der Waals surface area (Å²) < 4.78 is 15.7. The molecule has 0 amide bonds. The molecule has 0 spiro atoms. The molecular formula is C128H80N10.